The van der Waals surface area contributed by atoms with E-state index in [-0.39, 0.29) is 11.5 Å². The Morgan fingerprint density at radius 3 is 2.33 bits per heavy atom. The molecule has 9 heteroatoms. The molecule has 1 saturated heterocycles. The zero-order valence-electron chi connectivity index (χ0n) is 16.9. The van der Waals surface area contributed by atoms with Crippen molar-refractivity contribution in [2.45, 2.75) is 18.7 Å². The molecule has 0 radical (unpaired) electrons. The van der Waals surface area contributed by atoms with Crippen LogP contribution in [0.1, 0.15) is 33.2 Å². The van der Waals surface area contributed by atoms with Gasteiger partial charge in [-0.15, -0.1) is 0 Å². The van der Waals surface area contributed by atoms with Gasteiger partial charge in [-0.2, -0.15) is 4.31 Å². The first kappa shape index (κ1) is 21.9. The van der Waals surface area contributed by atoms with Gasteiger partial charge in [0.1, 0.15) is 0 Å². The fourth-order valence-electron chi connectivity index (χ4n) is 3.01. The predicted molar refractivity (Wildman–Crippen MR) is 111 cm³/mol. The second-order valence-corrected chi connectivity index (χ2v) is 8.68. The molecule has 0 unspecified atom stereocenters. The number of nitrogens with zero attached hydrogens (tertiary/aromatic N) is 1. The van der Waals surface area contributed by atoms with Gasteiger partial charge in [-0.05, 0) is 55.8 Å². The minimum atomic E-state index is -3.62. The largest absolute Gasteiger partial charge is 0.462 e. The molecule has 1 heterocycles. The third kappa shape index (κ3) is 4.86. The van der Waals surface area contributed by atoms with Crippen LogP contribution in [0.3, 0.4) is 0 Å². The molecule has 0 saturated carbocycles. The molecule has 8 nitrogen and oxygen atoms in total. The van der Waals surface area contributed by atoms with Crippen LogP contribution in [0.15, 0.2) is 47.4 Å². The molecule has 1 N–H and O–H groups in total. The molecule has 1 fully saturated rings. The van der Waals surface area contributed by atoms with Crippen molar-refractivity contribution in [3.63, 3.8) is 0 Å². The van der Waals surface area contributed by atoms with Crippen LogP contribution < -0.4 is 5.32 Å². The van der Waals surface area contributed by atoms with E-state index in [0.29, 0.717) is 43.1 Å². The minimum absolute atomic E-state index is 0.126. The lowest BCUT2D eigenvalue weighted by Gasteiger charge is -2.26. The SMILES string of the molecule is CCOC(=O)c1ccc(C)c(NC(=O)c2ccc(S(=O)(=O)N3CCOCC3)cc2)c1. The van der Waals surface area contributed by atoms with Crippen LogP contribution in [0.2, 0.25) is 0 Å². The van der Waals surface area contributed by atoms with Gasteiger partial charge in [0.25, 0.3) is 5.91 Å². The second-order valence-electron chi connectivity index (χ2n) is 6.75. The Morgan fingerprint density at radius 2 is 1.70 bits per heavy atom. The molecule has 0 bridgehead atoms. The second kappa shape index (κ2) is 9.38. The lowest BCUT2D eigenvalue weighted by molar-refractivity contribution is 0.0526. The summed E-state index contributed by atoms with van der Waals surface area (Å²) in [7, 11) is -3.62. The maximum atomic E-state index is 12.7. The monoisotopic (exact) mass is 432 g/mol. The zero-order chi connectivity index (χ0) is 21.7. The molecule has 1 aliphatic heterocycles. The summed E-state index contributed by atoms with van der Waals surface area (Å²) < 4.78 is 36.9. The molecule has 0 aliphatic carbocycles. The Morgan fingerprint density at radius 1 is 1.07 bits per heavy atom. The van der Waals surface area contributed by atoms with Crippen LogP contribution in [0.25, 0.3) is 0 Å². The third-order valence-electron chi connectivity index (χ3n) is 4.72. The van der Waals surface area contributed by atoms with Crippen molar-refractivity contribution in [1.82, 2.24) is 4.31 Å². The maximum Gasteiger partial charge on any atom is 0.338 e. The van der Waals surface area contributed by atoms with Crippen molar-refractivity contribution in [1.29, 1.82) is 0 Å². The van der Waals surface area contributed by atoms with Crippen molar-refractivity contribution >= 4 is 27.6 Å². The van der Waals surface area contributed by atoms with Crippen molar-refractivity contribution < 1.29 is 27.5 Å². The number of anilines is 1. The summed E-state index contributed by atoms with van der Waals surface area (Å²) in [5.41, 5.74) is 1.90. The highest BCUT2D eigenvalue weighted by atomic mass is 32.2. The van der Waals surface area contributed by atoms with E-state index >= 15 is 0 Å². The lowest BCUT2D eigenvalue weighted by Crippen LogP contribution is -2.40. The minimum Gasteiger partial charge on any atom is -0.462 e. The summed E-state index contributed by atoms with van der Waals surface area (Å²) in [4.78, 5) is 24.7. The number of morpholine rings is 1. The standard InChI is InChI=1S/C21H24N2O6S/c1-3-29-21(25)17-5-4-15(2)19(14-17)22-20(24)16-6-8-18(9-7-16)30(26,27)23-10-12-28-13-11-23/h4-9,14H,3,10-13H2,1-2H3,(H,22,24). The van der Waals surface area contributed by atoms with E-state index in [0.717, 1.165) is 5.56 Å². The molecule has 1 amide bonds. The van der Waals surface area contributed by atoms with Gasteiger partial charge in [0.05, 0.1) is 30.3 Å². The van der Waals surface area contributed by atoms with Crippen LogP contribution in [0, 0.1) is 6.92 Å². The first-order chi connectivity index (χ1) is 14.3. The quantitative estimate of drug-likeness (QED) is 0.704. The number of hydrogen-bond acceptors (Lipinski definition) is 6. The number of hydrogen-bond donors (Lipinski definition) is 1. The number of nitrogens with one attached hydrogen (secondary N) is 1. The van der Waals surface area contributed by atoms with E-state index in [2.05, 4.69) is 5.32 Å². The van der Waals surface area contributed by atoms with E-state index < -0.39 is 21.9 Å². The van der Waals surface area contributed by atoms with Crippen LogP contribution in [0.5, 0.6) is 0 Å². The van der Waals surface area contributed by atoms with Gasteiger partial charge in [-0.25, -0.2) is 13.2 Å². The summed E-state index contributed by atoms with van der Waals surface area (Å²) in [6, 6.07) is 10.7. The number of esters is 1. The molecule has 0 spiro atoms. The number of aryl methyl sites for hydroxylation is 1. The number of rotatable bonds is 6. The lowest BCUT2D eigenvalue weighted by atomic mass is 10.1. The molecule has 160 valence electrons. The highest BCUT2D eigenvalue weighted by Crippen LogP contribution is 2.21. The maximum absolute atomic E-state index is 12.7. The number of sulfonamides is 1. The van der Waals surface area contributed by atoms with Gasteiger partial charge in [0, 0.05) is 24.3 Å². The molecule has 3 rings (SSSR count). The molecule has 0 aromatic heterocycles. The van der Waals surface area contributed by atoms with E-state index in [9.17, 15) is 18.0 Å². The molecule has 2 aromatic rings. The topological polar surface area (TPSA) is 102 Å². The number of benzene rings is 2. The average Bonchev–Trinajstić information content (AvgIpc) is 2.76. The summed E-state index contributed by atoms with van der Waals surface area (Å²) in [6.07, 6.45) is 0. The third-order valence-corrected chi connectivity index (χ3v) is 6.63. The van der Waals surface area contributed by atoms with E-state index in [4.69, 9.17) is 9.47 Å². The molecular formula is C21H24N2O6S. The Hall–Kier alpha value is -2.75. The number of ether oxygens (including phenoxy) is 2. The van der Waals surface area contributed by atoms with Crippen LogP contribution >= 0.6 is 0 Å². The number of carbonyl (C=O) groups excluding carboxylic acids is 2. The van der Waals surface area contributed by atoms with Gasteiger partial charge < -0.3 is 14.8 Å². The number of carbonyl (C=O) groups is 2. The van der Waals surface area contributed by atoms with Crippen LogP contribution in [-0.4, -0.2) is 57.5 Å². The molecule has 0 atom stereocenters. The van der Waals surface area contributed by atoms with E-state index in [1.807, 2.05) is 6.92 Å². The Bertz CT molecular complexity index is 1030. The zero-order valence-corrected chi connectivity index (χ0v) is 17.7. The Balaban J connectivity index is 1.75. The van der Waals surface area contributed by atoms with Gasteiger partial charge in [0.15, 0.2) is 0 Å². The van der Waals surface area contributed by atoms with Crippen molar-refractivity contribution in [3.05, 3.63) is 59.2 Å². The first-order valence-corrected chi connectivity index (χ1v) is 11.0. The average molecular weight is 432 g/mol. The predicted octanol–water partition coefficient (Wildman–Crippen LogP) is 2.44. The van der Waals surface area contributed by atoms with Crippen molar-refractivity contribution in [2.75, 3.05) is 38.2 Å². The normalized spacial score (nSPS) is 14.9. The Kier molecular flexibility index (Phi) is 6.86. The molecular weight excluding hydrogens is 408 g/mol. The smallest absolute Gasteiger partial charge is 0.338 e. The fourth-order valence-corrected chi connectivity index (χ4v) is 4.41. The van der Waals surface area contributed by atoms with Crippen molar-refractivity contribution in [2.24, 2.45) is 0 Å². The molecule has 30 heavy (non-hydrogen) atoms. The van der Waals surface area contributed by atoms with Crippen LogP contribution in [0.4, 0.5) is 5.69 Å². The Labute approximate surface area is 175 Å². The van der Waals surface area contributed by atoms with Gasteiger partial charge >= 0.3 is 5.97 Å². The highest BCUT2D eigenvalue weighted by molar-refractivity contribution is 7.89. The highest BCUT2D eigenvalue weighted by Gasteiger charge is 2.26. The van der Waals surface area contributed by atoms with Gasteiger partial charge in [-0.1, -0.05) is 6.07 Å². The summed E-state index contributed by atoms with van der Waals surface area (Å²) in [5.74, 6) is -0.875. The van der Waals surface area contributed by atoms with Gasteiger partial charge in [-0.3, -0.25) is 4.79 Å². The molecule has 1 aliphatic rings. The fraction of sp³-hybridized carbons (Fsp3) is 0.333. The van der Waals surface area contributed by atoms with Crippen LogP contribution in [-0.2, 0) is 19.5 Å². The number of amides is 1. The van der Waals surface area contributed by atoms with E-state index in [1.165, 1.54) is 28.6 Å². The summed E-state index contributed by atoms with van der Waals surface area (Å²) in [5, 5.41) is 2.76. The summed E-state index contributed by atoms with van der Waals surface area (Å²) >= 11 is 0. The first-order valence-electron chi connectivity index (χ1n) is 9.60. The summed E-state index contributed by atoms with van der Waals surface area (Å²) in [6.45, 7) is 5.13. The van der Waals surface area contributed by atoms with Crippen molar-refractivity contribution in [3.8, 4) is 0 Å². The molecule has 2 aromatic carbocycles. The van der Waals surface area contributed by atoms with Gasteiger partial charge in [0.2, 0.25) is 10.0 Å². The van der Waals surface area contributed by atoms with E-state index in [1.54, 1.807) is 25.1 Å².